The molecule has 20 heavy (non-hydrogen) atoms. The van der Waals surface area contributed by atoms with Gasteiger partial charge in [0.15, 0.2) is 0 Å². The van der Waals surface area contributed by atoms with E-state index in [4.69, 9.17) is 17.3 Å². The average Bonchev–Trinajstić information content (AvgIpc) is 2.80. The minimum Gasteiger partial charge on any atom is -0.480 e. The molecule has 2 heterocycles. The topological polar surface area (TPSA) is 79.6 Å². The molecule has 6 nitrogen and oxygen atoms in total. The molecule has 0 unspecified atom stereocenters. The van der Waals surface area contributed by atoms with Crippen LogP contribution in [0.4, 0.5) is 0 Å². The van der Waals surface area contributed by atoms with Gasteiger partial charge in [-0.1, -0.05) is 30.6 Å². The monoisotopic (exact) mass is 330 g/mol. The van der Waals surface area contributed by atoms with Crippen molar-refractivity contribution in [2.24, 2.45) is 0 Å². The molecular weight excluding hydrogens is 320 g/mol. The average molecular weight is 330 g/mol. The van der Waals surface area contributed by atoms with Crippen LogP contribution in [0.25, 0.3) is 11.5 Å². The number of thiocarbonyl (C=S) groups is 1. The van der Waals surface area contributed by atoms with Crippen LogP contribution in [0.2, 0.25) is 0 Å². The lowest BCUT2D eigenvalue weighted by Crippen LogP contribution is -2.35. The van der Waals surface area contributed by atoms with E-state index in [1.165, 1.54) is 4.90 Å². The Morgan fingerprint density at radius 2 is 2.10 bits per heavy atom. The Morgan fingerprint density at radius 1 is 1.45 bits per heavy atom. The summed E-state index contributed by atoms with van der Waals surface area (Å²) in [6.07, 6.45) is 0. The van der Waals surface area contributed by atoms with Gasteiger partial charge in [0, 0.05) is 6.54 Å². The van der Waals surface area contributed by atoms with Crippen LogP contribution in [0.15, 0.2) is 4.79 Å². The van der Waals surface area contributed by atoms with Crippen molar-refractivity contribution in [3.05, 3.63) is 19.5 Å². The van der Waals surface area contributed by atoms with Crippen molar-refractivity contribution in [1.29, 1.82) is 0 Å². The van der Waals surface area contributed by atoms with Crippen molar-refractivity contribution in [3.8, 4) is 0 Å². The normalized spacial score (nSPS) is 17.9. The van der Waals surface area contributed by atoms with Crippen molar-refractivity contribution in [2.75, 3.05) is 6.54 Å². The fraction of sp³-hybridized carbons (Fsp3) is 0.273. The molecule has 0 atom stereocenters. The molecule has 0 radical (unpaired) electrons. The molecule has 106 valence electrons. The van der Waals surface area contributed by atoms with Gasteiger partial charge in [0.2, 0.25) is 0 Å². The van der Waals surface area contributed by atoms with E-state index in [0.717, 1.165) is 27.7 Å². The molecule has 2 rings (SSSR count). The molecule has 9 heteroatoms. The molecule has 0 saturated carbocycles. The fourth-order valence-electron chi connectivity index (χ4n) is 1.71. The first kappa shape index (κ1) is 14.9. The zero-order valence-corrected chi connectivity index (χ0v) is 12.9. The van der Waals surface area contributed by atoms with E-state index in [0.29, 0.717) is 15.5 Å². The largest absolute Gasteiger partial charge is 0.480 e. The molecule has 1 amide bonds. The molecule has 0 spiro atoms. The van der Waals surface area contributed by atoms with Gasteiger partial charge in [-0.15, -0.1) is 11.3 Å². The zero-order chi connectivity index (χ0) is 15.0. The van der Waals surface area contributed by atoms with Crippen LogP contribution in [0.5, 0.6) is 0 Å². The van der Waals surface area contributed by atoms with Crippen LogP contribution in [0.1, 0.15) is 6.92 Å². The van der Waals surface area contributed by atoms with Crippen LogP contribution in [-0.2, 0) is 16.1 Å². The Morgan fingerprint density at radius 3 is 2.60 bits per heavy atom. The van der Waals surface area contributed by atoms with E-state index in [9.17, 15) is 14.4 Å². The maximum absolute atomic E-state index is 12.2. The first-order chi connectivity index (χ1) is 9.36. The number of aromatic nitrogens is 1. The highest BCUT2D eigenvalue weighted by atomic mass is 32.2. The Bertz CT molecular complexity index is 777. The number of nitrogens with zero attached hydrogens (tertiary/aromatic N) is 2. The van der Waals surface area contributed by atoms with E-state index in [1.54, 1.807) is 6.92 Å². The molecule has 1 N–H and O–H groups in total. The number of carboxylic acid groups (broad SMARTS) is 1. The molecular formula is C11H10N2O4S3. The molecule has 1 aromatic heterocycles. The number of carbonyl (C=O) groups excluding carboxylic acids is 1. The van der Waals surface area contributed by atoms with E-state index in [-0.39, 0.29) is 15.3 Å². The number of hydrogen-bond acceptors (Lipinski definition) is 6. The van der Waals surface area contributed by atoms with Crippen molar-refractivity contribution in [1.82, 2.24) is 9.47 Å². The van der Waals surface area contributed by atoms with Crippen molar-refractivity contribution in [2.45, 2.75) is 13.5 Å². The summed E-state index contributed by atoms with van der Waals surface area (Å²) >= 11 is 7.18. The third-order valence-corrected chi connectivity index (χ3v) is 5.21. The SMILES string of the molecule is C=c1sc(=C2SC(=S)N(CC)C2=O)n(CC(=O)O)c1=O. The standard InChI is InChI=1S/C11H10N2O4S3/c1-3-12-9(17)7(20-11(12)18)10-13(4-6(14)15)8(16)5(2)19-10/h2-4H2,1H3,(H,14,15). The Kier molecular flexibility index (Phi) is 4.11. The summed E-state index contributed by atoms with van der Waals surface area (Å²) in [5.41, 5.74) is -0.492. The second kappa shape index (κ2) is 5.51. The molecule has 1 aliphatic rings. The zero-order valence-electron chi connectivity index (χ0n) is 10.4. The van der Waals surface area contributed by atoms with Gasteiger partial charge in [-0.2, -0.15) is 0 Å². The van der Waals surface area contributed by atoms with E-state index >= 15 is 0 Å². The Balaban J connectivity index is 2.72. The molecule has 1 aromatic rings. The van der Waals surface area contributed by atoms with Crippen molar-refractivity contribution < 1.29 is 14.7 Å². The lowest BCUT2D eigenvalue weighted by molar-refractivity contribution is -0.137. The minimum absolute atomic E-state index is 0.197. The predicted molar refractivity (Wildman–Crippen MR) is 82.0 cm³/mol. The van der Waals surface area contributed by atoms with E-state index in [2.05, 4.69) is 6.58 Å². The molecule has 0 aromatic carbocycles. The maximum Gasteiger partial charge on any atom is 0.323 e. The smallest absolute Gasteiger partial charge is 0.323 e. The lowest BCUT2D eigenvalue weighted by Gasteiger charge is -2.09. The summed E-state index contributed by atoms with van der Waals surface area (Å²) in [5.74, 6) is -1.46. The number of rotatable bonds is 3. The highest BCUT2D eigenvalue weighted by Gasteiger charge is 2.32. The summed E-state index contributed by atoms with van der Waals surface area (Å²) < 4.78 is 1.96. The van der Waals surface area contributed by atoms with Crippen LogP contribution in [0, 0.1) is 0 Å². The first-order valence-electron chi connectivity index (χ1n) is 5.55. The van der Waals surface area contributed by atoms with Crippen LogP contribution in [-0.4, -0.2) is 37.3 Å². The number of thiazole rings is 1. The molecule has 1 aliphatic heterocycles. The number of carbonyl (C=O) groups is 2. The van der Waals surface area contributed by atoms with Crippen LogP contribution < -0.4 is 14.8 Å². The number of thioether (sulfide) groups is 1. The van der Waals surface area contributed by atoms with Gasteiger partial charge >= 0.3 is 5.97 Å². The second-order valence-electron chi connectivity index (χ2n) is 3.86. The highest BCUT2D eigenvalue weighted by molar-refractivity contribution is 8.30. The van der Waals surface area contributed by atoms with Gasteiger partial charge in [0.25, 0.3) is 11.5 Å². The number of carboxylic acids is 1. The van der Waals surface area contributed by atoms with Crippen molar-refractivity contribution >= 4 is 63.0 Å². The summed E-state index contributed by atoms with van der Waals surface area (Å²) in [5, 5.41) is 8.87. The van der Waals surface area contributed by atoms with Gasteiger partial charge < -0.3 is 5.11 Å². The first-order valence-corrected chi connectivity index (χ1v) is 7.59. The predicted octanol–water partition coefficient (Wildman–Crippen LogP) is -0.607. The van der Waals surface area contributed by atoms with Crippen LogP contribution >= 0.6 is 35.3 Å². The van der Waals surface area contributed by atoms with Gasteiger partial charge in [-0.25, -0.2) is 0 Å². The number of hydrogen-bond donors (Lipinski definition) is 1. The molecule has 0 bridgehead atoms. The quantitative estimate of drug-likeness (QED) is 0.745. The van der Waals surface area contributed by atoms with Gasteiger partial charge in [-0.05, 0) is 6.92 Å². The fourth-order valence-corrected chi connectivity index (χ4v) is 4.18. The molecule has 1 saturated heterocycles. The maximum atomic E-state index is 12.2. The second-order valence-corrected chi connectivity index (χ2v) is 6.59. The van der Waals surface area contributed by atoms with Gasteiger partial charge in [-0.3, -0.25) is 23.9 Å². The Hall–Kier alpha value is -1.45. The highest BCUT2D eigenvalue weighted by Crippen LogP contribution is 2.30. The third-order valence-electron chi connectivity index (χ3n) is 2.60. The number of amides is 1. The third kappa shape index (κ3) is 2.43. The van der Waals surface area contributed by atoms with Crippen molar-refractivity contribution in [3.63, 3.8) is 0 Å². The summed E-state index contributed by atoms with van der Waals surface area (Å²) in [7, 11) is 0. The van der Waals surface area contributed by atoms with Gasteiger partial charge in [0.05, 0.1) is 4.53 Å². The molecule has 1 fully saturated rings. The number of aliphatic carboxylic acids is 1. The van der Waals surface area contributed by atoms with Gasteiger partial charge in [0.1, 0.15) is 20.4 Å². The van der Waals surface area contributed by atoms with Crippen LogP contribution in [0.3, 0.4) is 0 Å². The summed E-state index contributed by atoms with van der Waals surface area (Å²) in [6.45, 7) is 5.29. The lowest BCUT2D eigenvalue weighted by atomic mass is 10.5. The van der Waals surface area contributed by atoms with E-state index < -0.39 is 18.1 Å². The minimum atomic E-state index is -1.16. The Labute approximate surface area is 127 Å². The summed E-state index contributed by atoms with van der Waals surface area (Å²) in [4.78, 5) is 36.6. The van der Waals surface area contributed by atoms with E-state index in [1.807, 2.05) is 0 Å². The summed E-state index contributed by atoms with van der Waals surface area (Å²) in [6, 6.07) is 0. The molecule has 0 aliphatic carbocycles.